The van der Waals surface area contributed by atoms with Gasteiger partial charge in [-0.3, -0.25) is 4.79 Å². The van der Waals surface area contributed by atoms with Gasteiger partial charge in [-0.25, -0.2) is 9.07 Å². The largest absolute Gasteiger partial charge is 0.347 e. The number of hydrogen-bond acceptors (Lipinski definition) is 4. The summed E-state index contributed by atoms with van der Waals surface area (Å²) >= 11 is 0. The summed E-state index contributed by atoms with van der Waals surface area (Å²) in [5.41, 5.74) is 1.14. The molecule has 3 rings (SSSR count). The van der Waals surface area contributed by atoms with Crippen molar-refractivity contribution in [2.24, 2.45) is 0 Å². The van der Waals surface area contributed by atoms with Crippen LogP contribution in [0.1, 0.15) is 34.9 Å². The number of amides is 1. The Bertz CT molecular complexity index is 640. The highest BCUT2D eigenvalue weighted by molar-refractivity contribution is 5.91. The van der Waals surface area contributed by atoms with Crippen LogP contribution in [0.15, 0.2) is 30.5 Å². The summed E-state index contributed by atoms with van der Waals surface area (Å²) in [4.78, 5) is 12.1. The Morgan fingerprint density at radius 2 is 2.00 bits per heavy atom. The van der Waals surface area contributed by atoms with Crippen LogP contribution in [0.5, 0.6) is 0 Å². The van der Waals surface area contributed by atoms with Crippen molar-refractivity contribution < 1.29 is 9.18 Å². The van der Waals surface area contributed by atoms with E-state index in [4.69, 9.17) is 0 Å². The number of rotatable bonds is 4. The summed E-state index contributed by atoms with van der Waals surface area (Å²) in [6.45, 7) is 2.24. The van der Waals surface area contributed by atoms with Crippen molar-refractivity contribution in [2.75, 3.05) is 13.1 Å². The molecular weight excluding hydrogens is 321 g/mol. The molecule has 2 heterocycles. The Labute approximate surface area is 139 Å². The molecule has 0 atom stereocenters. The third-order valence-corrected chi connectivity index (χ3v) is 3.79. The van der Waals surface area contributed by atoms with Crippen LogP contribution >= 0.6 is 12.4 Å². The first-order valence-corrected chi connectivity index (χ1v) is 7.37. The highest BCUT2D eigenvalue weighted by Crippen LogP contribution is 2.17. The van der Waals surface area contributed by atoms with Crippen molar-refractivity contribution in [3.05, 3.63) is 47.5 Å². The summed E-state index contributed by atoms with van der Waals surface area (Å²) in [5.74, 6) is -0.565. The fraction of sp³-hybridized carbons (Fsp3) is 0.400. The van der Waals surface area contributed by atoms with E-state index < -0.39 is 0 Å². The molecule has 0 radical (unpaired) electrons. The van der Waals surface area contributed by atoms with Crippen molar-refractivity contribution >= 4 is 18.3 Å². The molecule has 124 valence electrons. The minimum atomic E-state index is -0.292. The molecule has 0 bridgehead atoms. The van der Waals surface area contributed by atoms with E-state index in [0.29, 0.717) is 18.3 Å². The van der Waals surface area contributed by atoms with E-state index >= 15 is 0 Å². The maximum absolute atomic E-state index is 12.8. The number of piperidine rings is 1. The molecule has 1 aliphatic rings. The second-order valence-electron chi connectivity index (χ2n) is 5.37. The molecule has 0 spiro atoms. The van der Waals surface area contributed by atoms with Gasteiger partial charge in [-0.2, -0.15) is 0 Å². The lowest BCUT2D eigenvalue weighted by atomic mass is 10.1. The van der Waals surface area contributed by atoms with Crippen LogP contribution in [0.2, 0.25) is 0 Å². The van der Waals surface area contributed by atoms with Crippen molar-refractivity contribution in [3.8, 4) is 0 Å². The number of halogens is 2. The topological polar surface area (TPSA) is 71.8 Å². The molecule has 0 saturated carbocycles. The lowest BCUT2D eigenvalue weighted by molar-refractivity contribution is 0.0946. The van der Waals surface area contributed by atoms with Gasteiger partial charge in [0.15, 0.2) is 5.69 Å². The molecule has 1 aromatic heterocycles. The van der Waals surface area contributed by atoms with Gasteiger partial charge in [-0.1, -0.05) is 17.3 Å². The fourth-order valence-electron chi connectivity index (χ4n) is 2.51. The number of benzene rings is 1. The molecule has 0 unspecified atom stereocenters. The van der Waals surface area contributed by atoms with E-state index in [2.05, 4.69) is 20.9 Å². The SMILES string of the molecule is Cl.O=C(NCc1ccc(F)cc1)c1cn(C2CCNCC2)nn1. The number of nitrogens with zero attached hydrogens (tertiary/aromatic N) is 3. The zero-order valence-corrected chi connectivity index (χ0v) is 13.4. The van der Waals surface area contributed by atoms with Gasteiger partial charge in [0, 0.05) is 6.54 Å². The van der Waals surface area contributed by atoms with Crippen molar-refractivity contribution in [1.29, 1.82) is 0 Å². The minimum absolute atomic E-state index is 0. The van der Waals surface area contributed by atoms with Crippen LogP contribution in [-0.2, 0) is 6.54 Å². The second-order valence-corrected chi connectivity index (χ2v) is 5.37. The van der Waals surface area contributed by atoms with E-state index in [-0.39, 0.29) is 24.1 Å². The zero-order chi connectivity index (χ0) is 15.4. The summed E-state index contributed by atoms with van der Waals surface area (Å²) in [7, 11) is 0. The molecule has 8 heteroatoms. The third kappa shape index (κ3) is 4.49. The van der Waals surface area contributed by atoms with Crippen LogP contribution < -0.4 is 10.6 Å². The van der Waals surface area contributed by atoms with Crippen molar-refractivity contribution in [3.63, 3.8) is 0 Å². The Kier molecular flexibility index (Phi) is 6.06. The van der Waals surface area contributed by atoms with Crippen molar-refractivity contribution in [2.45, 2.75) is 25.4 Å². The summed E-state index contributed by atoms with van der Waals surface area (Å²) < 4.78 is 14.6. The van der Waals surface area contributed by atoms with Crippen LogP contribution in [0, 0.1) is 5.82 Å². The normalized spacial score (nSPS) is 15.0. The van der Waals surface area contributed by atoms with Gasteiger partial charge in [0.1, 0.15) is 5.82 Å². The van der Waals surface area contributed by atoms with Crippen molar-refractivity contribution in [1.82, 2.24) is 25.6 Å². The van der Waals surface area contributed by atoms with E-state index in [1.807, 2.05) is 0 Å². The molecular formula is C15H19ClFN5O. The van der Waals surface area contributed by atoms with Gasteiger partial charge in [0.05, 0.1) is 12.2 Å². The molecule has 1 saturated heterocycles. The number of carbonyl (C=O) groups excluding carboxylic acids is 1. The molecule has 0 aliphatic carbocycles. The quantitative estimate of drug-likeness (QED) is 0.889. The zero-order valence-electron chi connectivity index (χ0n) is 12.5. The molecule has 1 aliphatic heterocycles. The molecule has 2 aromatic rings. The Morgan fingerprint density at radius 1 is 1.30 bits per heavy atom. The van der Waals surface area contributed by atoms with Gasteiger partial charge in [0.25, 0.3) is 5.91 Å². The predicted molar refractivity (Wildman–Crippen MR) is 86.0 cm³/mol. The average Bonchev–Trinajstić information content (AvgIpc) is 3.05. The Balaban J connectivity index is 0.00000192. The van der Waals surface area contributed by atoms with Gasteiger partial charge < -0.3 is 10.6 Å². The average molecular weight is 340 g/mol. The molecule has 1 amide bonds. The lowest BCUT2D eigenvalue weighted by Crippen LogP contribution is -2.29. The first-order chi connectivity index (χ1) is 10.7. The summed E-state index contributed by atoms with van der Waals surface area (Å²) in [5, 5.41) is 14.0. The smallest absolute Gasteiger partial charge is 0.273 e. The molecule has 23 heavy (non-hydrogen) atoms. The summed E-state index contributed by atoms with van der Waals surface area (Å²) in [6.07, 6.45) is 3.66. The molecule has 2 N–H and O–H groups in total. The highest BCUT2D eigenvalue weighted by atomic mass is 35.5. The number of aromatic nitrogens is 3. The van der Waals surface area contributed by atoms with Gasteiger partial charge in [-0.15, -0.1) is 17.5 Å². The number of nitrogens with one attached hydrogen (secondary N) is 2. The lowest BCUT2D eigenvalue weighted by Gasteiger charge is -2.22. The van der Waals surface area contributed by atoms with Gasteiger partial charge in [-0.05, 0) is 43.6 Å². The third-order valence-electron chi connectivity index (χ3n) is 3.79. The number of hydrogen-bond donors (Lipinski definition) is 2. The minimum Gasteiger partial charge on any atom is -0.347 e. The van der Waals surface area contributed by atoms with E-state index in [9.17, 15) is 9.18 Å². The first-order valence-electron chi connectivity index (χ1n) is 7.37. The molecule has 1 fully saturated rings. The van der Waals surface area contributed by atoms with Gasteiger partial charge in [0.2, 0.25) is 0 Å². The predicted octanol–water partition coefficient (Wildman–Crippen LogP) is 1.69. The summed E-state index contributed by atoms with van der Waals surface area (Å²) in [6, 6.07) is 6.32. The first kappa shape index (κ1) is 17.4. The van der Waals surface area contributed by atoms with Gasteiger partial charge >= 0.3 is 0 Å². The van der Waals surface area contributed by atoms with E-state index in [0.717, 1.165) is 31.5 Å². The van der Waals surface area contributed by atoms with E-state index in [1.165, 1.54) is 12.1 Å². The van der Waals surface area contributed by atoms with Crippen LogP contribution in [-0.4, -0.2) is 34.0 Å². The Hall–Kier alpha value is -1.99. The number of carbonyl (C=O) groups is 1. The second kappa shape index (κ2) is 8.03. The standard InChI is InChI=1S/C15H18FN5O.ClH/c16-12-3-1-11(2-4-12)9-18-15(22)14-10-21(20-19-14)13-5-7-17-8-6-13;/h1-4,10,13,17H,5-9H2,(H,18,22);1H. The van der Waals surface area contributed by atoms with E-state index in [1.54, 1.807) is 23.0 Å². The maximum atomic E-state index is 12.8. The maximum Gasteiger partial charge on any atom is 0.273 e. The van der Waals surface area contributed by atoms with Crippen LogP contribution in [0.3, 0.4) is 0 Å². The molecule has 1 aromatic carbocycles. The van der Waals surface area contributed by atoms with Crippen LogP contribution in [0.4, 0.5) is 4.39 Å². The molecule has 6 nitrogen and oxygen atoms in total. The highest BCUT2D eigenvalue weighted by Gasteiger charge is 2.18. The van der Waals surface area contributed by atoms with Crippen LogP contribution in [0.25, 0.3) is 0 Å². The Morgan fingerprint density at radius 3 is 2.70 bits per heavy atom. The fourth-order valence-corrected chi connectivity index (χ4v) is 2.51. The monoisotopic (exact) mass is 339 g/mol.